The zero-order chi connectivity index (χ0) is 10.9. The lowest BCUT2D eigenvalue weighted by Crippen LogP contribution is -2.20. The van der Waals surface area contributed by atoms with Crippen LogP contribution in [0.4, 0.5) is 0 Å². The second kappa shape index (κ2) is 4.10. The first kappa shape index (κ1) is 11.5. The fourth-order valence-electron chi connectivity index (χ4n) is 2.46. The van der Waals surface area contributed by atoms with Gasteiger partial charge in [-0.05, 0) is 70.4 Å². The van der Waals surface area contributed by atoms with Crippen molar-refractivity contribution < 1.29 is 0 Å². The highest BCUT2D eigenvalue weighted by Crippen LogP contribution is 2.42. The van der Waals surface area contributed by atoms with E-state index in [0.717, 1.165) is 0 Å². The minimum absolute atomic E-state index is 0.261. The zero-order valence-corrected chi connectivity index (χ0v) is 10.9. The van der Waals surface area contributed by atoms with Crippen LogP contribution in [0.25, 0.3) is 0 Å². The summed E-state index contributed by atoms with van der Waals surface area (Å²) in [5.41, 5.74) is 2.02. The standard InChI is InChI=1S/C12H22N2S/c1-11(2,3)15-14-10-4-5-12(8-10)6-7-13-9-12/h13H,4-9H2,1-3H3. The maximum Gasteiger partial charge on any atom is 0.0294 e. The molecule has 2 fully saturated rings. The predicted octanol–water partition coefficient (Wildman–Crippen LogP) is 3.04. The van der Waals surface area contributed by atoms with E-state index in [2.05, 4.69) is 26.1 Å². The lowest BCUT2D eigenvalue weighted by Gasteiger charge is -2.19. The molecule has 0 aromatic heterocycles. The van der Waals surface area contributed by atoms with Gasteiger partial charge in [-0.2, -0.15) is 0 Å². The SMILES string of the molecule is CC(C)(C)SN=C1CCC2(CCNC2)C1. The third-order valence-corrected chi connectivity index (χ3v) is 4.20. The second-order valence-corrected chi connectivity index (χ2v) is 7.55. The van der Waals surface area contributed by atoms with Crippen LogP contribution in [0.1, 0.15) is 46.5 Å². The largest absolute Gasteiger partial charge is 0.316 e. The highest BCUT2D eigenvalue weighted by atomic mass is 32.2. The number of nitrogens with one attached hydrogen (secondary N) is 1. The van der Waals surface area contributed by atoms with Crippen molar-refractivity contribution in [2.75, 3.05) is 13.1 Å². The molecule has 86 valence electrons. The van der Waals surface area contributed by atoms with E-state index < -0.39 is 0 Å². The van der Waals surface area contributed by atoms with Gasteiger partial charge in [0, 0.05) is 17.0 Å². The highest BCUT2D eigenvalue weighted by Gasteiger charge is 2.39. The van der Waals surface area contributed by atoms with Crippen molar-refractivity contribution in [3.05, 3.63) is 0 Å². The minimum atomic E-state index is 0.261. The van der Waals surface area contributed by atoms with E-state index in [-0.39, 0.29) is 4.75 Å². The number of hydrogen-bond acceptors (Lipinski definition) is 3. The molecule has 1 aliphatic heterocycles. The molecule has 0 amide bonds. The van der Waals surface area contributed by atoms with Gasteiger partial charge >= 0.3 is 0 Å². The molecule has 1 spiro atoms. The van der Waals surface area contributed by atoms with Gasteiger partial charge in [0.25, 0.3) is 0 Å². The molecule has 1 atom stereocenters. The van der Waals surface area contributed by atoms with Crippen LogP contribution in [0.2, 0.25) is 0 Å². The van der Waals surface area contributed by atoms with Gasteiger partial charge in [-0.3, -0.25) is 0 Å². The van der Waals surface area contributed by atoms with Gasteiger partial charge < -0.3 is 5.32 Å². The zero-order valence-electron chi connectivity index (χ0n) is 10.1. The third kappa shape index (κ3) is 2.97. The molecule has 1 heterocycles. The van der Waals surface area contributed by atoms with Gasteiger partial charge in [0.05, 0.1) is 0 Å². The molecular formula is C12H22N2S. The molecule has 0 aromatic carbocycles. The summed E-state index contributed by atoms with van der Waals surface area (Å²) in [6, 6.07) is 0. The molecule has 1 saturated heterocycles. The van der Waals surface area contributed by atoms with Crippen LogP contribution < -0.4 is 5.32 Å². The summed E-state index contributed by atoms with van der Waals surface area (Å²) in [6.45, 7) is 9.10. The van der Waals surface area contributed by atoms with Gasteiger partial charge in [0.2, 0.25) is 0 Å². The number of hydrogen-bond donors (Lipinski definition) is 1. The van der Waals surface area contributed by atoms with E-state index in [4.69, 9.17) is 4.40 Å². The summed E-state index contributed by atoms with van der Waals surface area (Å²) in [7, 11) is 0. The Morgan fingerprint density at radius 3 is 2.73 bits per heavy atom. The van der Waals surface area contributed by atoms with Crippen LogP contribution >= 0.6 is 11.9 Å². The normalized spacial score (nSPS) is 34.5. The highest BCUT2D eigenvalue weighted by molar-refractivity contribution is 7.99. The monoisotopic (exact) mass is 226 g/mol. The van der Waals surface area contributed by atoms with Crippen LogP contribution in [-0.2, 0) is 0 Å². The number of nitrogens with zero attached hydrogens (tertiary/aromatic N) is 1. The van der Waals surface area contributed by atoms with Crippen LogP contribution in [0.3, 0.4) is 0 Å². The molecule has 1 N–H and O–H groups in total. The topological polar surface area (TPSA) is 24.4 Å². The lowest BCUT2D eigenvalue weighted by atomic mass is 9.86. The maximum atomic E-state index is 4.72. The molecule has 2 rings (SSSR count). The first-order chi connectivity index (χ1) is 6.99. The summed E-state index contributed by atoms with van der Waals surface area (Å²) in [6.07, 6.45) is 5.17. The van der Waals surface area contributed by atoms with Gasteiger partial charge in [0.1, 0.15) is 0 Å². The van der Waals surface area contributed by atoms with E-state index in [1.165, 1.54) is 44.5 Å². The van der Waals surface area contributed by atoms with Crippen molar-refractivity contribution in [1.29, 1.82) is 0 Å². The Hall–Kier alpha value is -0.0200. The van der Waals surface area contributed by atoms with Crippen molar-refractivity contribution in [2.24, 2.45) is 9.81 Å². The van der Waals surface area contributed by atoms with E-state index in [1.54, 1.807) is 11.9 Å². The van der Waals surface area contributed by atoms with Crippen LogP contribution in [0.5, 0.6) is 0 Å². The summed E-state index contributed by atoms with van der Waals surface area (Å²) >= 11 is 1.74. The lowest BCUT2D eigenvalue weighted by molar-refractivity contribution is 0.346. The quantitative estimate of drug-likeness (QED) is 0.695. The summed E-state index contributed by atoms with van der Waals surface area (Å²) < 4.78 is 4.98. The molecule has 1 unspecified atom stereocenters. The average molecular weight is 226 g/mol. The van der Waals surface area contributed by atoms with Crippen LogP contribution in [-0.4, -0.2) is 23.5 Å². The Morgan fingerprint density at radius 2 is 2.13 bits per heavy atom. The number of rotatable bonds is 1. The molecule has 0 radical (unpaired) electrons. The first-order valence-corrected chi connectivity index (χ1v) is 6.71. The minimum Gasteiger partial charge on any atom is -0.316 e. The van der Waals surface area contributed by atoms with Gasteiger partial charge in [0.15, 0.2) is 0 Å². The summed E-state index contributed by atoms with van der Waals surface area (Å²) in [5, 5.41) is 3.49. The Kier molecular flexibility index (Phi) is 3.13. The van der Waals surface area contributed by atoms with Gasteiger partial charge in [-0.1, -0.05) is 0 Å². The maximum absolute atomic E-state index is 4.72. The molecule has 2 aliphatic rings. The summed E-state index contributed by atoms with van der Waals surface area (Å²) in [4.78, 5) is 0. The predicted molar refractivity (Wildman–Crippen MR) is 68.5 cm³/mol. The Bertz CT molecular complexity index is 259. The van der Waals surface area contributed by atoms with Crippen molar-refractivity contribution in [1.82, 2.24) is 5.32 Å². The van der Waals surface area contributed by atoms with Crippen LogP contribution in [0, 0.1) is 5.41 Å². The smallest absolute Gasteiger partial charge is 0.0294 e. The molecule has 3 heteroatoms. The molecule has 15 heavy (non-hydrogen) atoms. The molecule has 0 aromatic rings. The average Bonchev–Trinajstić information content (AvgIpc) is 2.73. The van der Waals surface area contributed by atoms with Crippen molar-refractivity contribution in [3.8, 4) is 0 Å². The molecule has 1 saturated carbocycles. The van der Waals surface area contributed by atoms with Gasteiger partial charge in [-0.15, -0.1) is 0 Å². The van der Waals surface area contributed by atoms with Crippen molar-refractivity contribution in [3.63, 3.8) is 0 Å². The Labute approximate surface area is 97.4 Å². The van der Waals surface area contributed by atoms with Crippen molar-refractivity contribution >= 4 is 17.7 Å². The molecule has 1 aliphatic carbocycles. The van der Waals surface area contributed by atoms with E-state index in [0.29, 0.717) is 5.41 Å². The van der Waals surface area contributed by atoms with Gasteiger partial charge in [-0.25, -0.2) is 4.40 Å². The van der Waals surface area contributed by atoms with Crippen LogP contribution in [0.15, 0.2) is 4.40 Å². The third-order valence-electron chi connectivity index (χ3n) is 3.30. The fourth-order valence-corrected chi connectivity index (χ4v) is 3.02. The second-order valence-electron chi connectivity index (χ2n) is 5.96. The first-order valence-electron chi connectivity index (χ1n) is 5.94. The Balaban J connectivity index is 1.92. The summed E-state index contributed by atoms with van der Waals surface area (Å²) in [5.74, 6) is 0. The van der Waals surface area contributed by atoms with Crippen molar-refractivity contribution in [2.45, 2.75) is 51.2 Å². The Morgan fingerprint density at radius 1 is 1.33 bits per heavy atom. The van der Waals surface area contributed by atoms with E-state index >= 15 is 0 Å². The molecular weight excluding hydrogens is 204 g/mol. The molecule has 2 nitrogen and oxygen atoms in total. The molecule has 0 bridgehead atoms. The fraction of sp³-hybridized carbons (Fsp3) is 0.917. The van der Waals surface area contributed by atoms with E-state index in [9.17, 15) is 0 Å². The van der Waals surface area contributed by atoms with E-state index in [1.807, 2.05) is 0 Å².